The molecule has 8 heteroatoms. The number of nitrogens with zero attached hydrogens (tertiary/aromatic N) is 2. The summed E-state index contributed by atoms with van der Waals surface area (Å²) in [5.41, 5.74) is 0.235. The zero-order valence-electron chi connectivity index (χ0n) is 15.3. The molecule has 1 aliphatic rings. The Kier molecular flexibility index (Phi) is 6.96. The molecule has 1 heterocycles. The Hall–Kier alpha value is -2.16. The molecule has 0 radical (unpaired) electrons. The van der Waals surface area contributed by atoms with Crippen LogP contribution < -0.4 is 5.32 Å². The van der Waals surface area contributed by atoms with Crippen molar-refractivity contribution in [3.63, 3.8) is 0 Å². The lowest BCUT2D eigenvalue weighted by Gasteiger charge is -2.30. The van der Waals surface area contributed by atoms with E-state index < -0.39 is 5.41 Å². The van der Waals surface area contributed by atoms with Crippen molar-refractivity contribution in [2.24, 2.45) is 5.41 Å². The number of aliphatic hydroxyl groups excluding tert-OH is 2. The SMILES string of the molecule is CN(CC(C)(CO)CO)C(=O)Nc1cccc(C(=O)N2CCOCC2)c1. The highest BCUT2D eigenvalue weighted by Gasteiger charge is 2.26. The van der Waals surface area contributed by atoms with E-state index in [9.17, 15) is 19.8 Å². The molecule has 0 spiro atoms. The number of rotatable bonds is 6. The van der Waals surface area contributed by atoms with E-state index in [1.54, 1.807) is 43.1 Å². The molecule has 144 valence electrons. The van der Waals surface area contributed by atoms with Crippen molar-refractivity contribution in [3.05, 3.63) is 29.8 Å². The van der Waals surface area contributed by atoms with Crippen LogP contribution in [0, 0.1) is 5.41 Å². The fourth-order valence-electron chi connectivity index (χ4n) is 2.69. The number of urea groups is 1. The molecule has 1 saturated heterocycles. The second kappa shape index (κ2) is 8.98. The maximum atomic E-state index is 12.5. The van der Waals surface area contributed by atoms with E-state index in [4.69, 9.17) is 4.74 Å². The van der Waals surface area contributed by atoms with Crippen LogP contribution in [0.4, 0.5) is 10.5 Å². The van der Waals surface area contributed by atoms with Gasteiger partial charge in [-0.1, -0.05) is 13.0 Å². The predicted octanol–water partition coefficient (Wildman–Crippen LogP) is 0.614. The summed E-state index contributed by atoms with van der Waals surface area (Å²) in [5.74, 6) is -0.0918. The zero-order valence-corrected chi connectivity index (χ0v) is 15.3. The van der Waals surface area contributed by atoms with Crippen LogP contribution in [-0.4, -0.2) is 85.1 Å². The minimum atomic E-state index is -0.778. The van der Waals surface area contributed by atoms with E-state index in [1.807, 2.05) is 0 Å². The first-order valence-electron chi connectivity index (χ1n) is 8.59. The Labute approximate surface area is 153 Å². The highest BCUT2D eigenvalue weighted by Crippen LogP contribution is 2.18. The number of nitrogens with one attached hydrogen (secondary N) is 1. The molecule has 0 aliphatic carbocycles. The molecular formula is C18H27N3O5. The predicted molar refractivity (Wildman–Crippen MR) is 97.1 cm³/mol. The smallest absolute Gasteiger partial charge is 0.321 e. The van der Waals surface area contributed by atoms with Crippen LogP contribution in [0.1, 0.15) is 17.3 Å². The second-order valence-electron chi connectivity index (χ2n) is 6.90. The van der Waals surface area contributed by atoms with Crippen molar-refractivity contribution in [1.82, 2.24) is 9.80 Å². The first-order chi connectivity index (χ1) is 12.4. The third-order valence-corrected chi connectivity index (χ3v) is 4.39. The summed E-state index contributed by atoms with van der Waals surface area (Å²) in [6.45, 7) is 3.59. The van der Waals surface area contributed by atoms with Gasteiger partial charge >= 0.3 is 6.03 Å². The average Bonchev–Trinajstić information content (AvgIpc) is 2.68. The maximum Gasteiger partial charge on any atom is 0.321 e. The summed E-state index contributed by atoms with van der Waals surface area (Å²) in [4.78, 5) is 28.0. The molecule has 2 rings (SSSR count). The second-order valence-corrected chi connectivity index (χ2v) is 6.90. The number of carbonyl (C=O) groups excluding carboxylic acids is 2. The summed E-state index contributed by atoms with van der Waals surface area (Å²) in [6.07, 6.45) is 0. The molecule has 1 fully saturated rings. The van der Waals surface area contributed by atoms with Gasteiger partial charge in [0.25, 0.3) is 5.91 Å². The molecule has 1 aromatic rings. The first kappa shape index (κ1) is 20.2. The summed E-state index contributed by atoms with van der Waals surface area (Å²) in [5, 5.41) is 21.5. The average molecular weight is 365 g/mol. The van der Waals surface area contributed by atoms with Crippen molar-refractivity contribution in [2.75, 3.05) is 58.4 Å². The molecule has 3 N–H and O–H groups in total. The topological polar surface area (TPSA) is 102 Å². The number of amides is 3. The maximum absolute atomic E-state index is 12.5. The van der Waals surface area contributed by atoms with Gasteiger partial charge in [-0.15, -0.1) is 0 Å². The Morgan fingerprint density at radius 1 is 1.27 bits per heavy atom. The molecule has 1 aromatic carbocycles. The van der Waals surface area contributed by atoms with E-state index in [0.29, 0.717) is 37.6 Å². The molecule has 0 saturated carbocycles. The van der Waals surface area contributed by atoms with Gasteiger partial charge in [-0.2, -0.15) is 0 Å². The quantitative estimate of drug-likeness (QED) is 0.686. The number of benzene rings is 1. The fourth-order valence-corrected chi connectivity index (χ4v) is 2.69. The first-order valence-corrected chi connectivity index (χ1v) is 8.59. The molecule has 26 heavy (non-hydrogen) atoms. The summed E-state index contributed by atoms with van der Waals surface area (Å²) >= 11 is 0. The fraction of sp³-hybridized carbons (Fsp3) is 0.556. The van der Waals surface area contributed by atoms with Gasteiger partial charge in [0.1, 0.15) is 0 Å². The summed E-state index contributed by atoms with van der Waals surface area (Å²) in [7, 11) is 1.58. The molecule has 0 bridgehead atoms. The third kappa shape index (κ3) is 5.17. The van der Waals surface area contributed by atoms with Gasteiger partial charge < -0.3 is 30.1 Å². The van der Waals surface area contributed by atoms with Gasteiger partial charge in [0.2, 0.25) is 0 Å². The molecule has 3 amide bonds. The number of aliphatic hydroxyl groups is 2. The molecule has 0 aromatic heterocycles. The Morgan fingerprint density at radius 3 is 2.54 bits per heavy atom. The number of morpholine rings is 1. The van der Waals surface area contributed by atoms with E-state index in [2.05, 4.69) is 5.32 Å². The van der Waals surface area contributed by atoms with Gasteiger partial charge in [0, 0.05) is 43.3 Å². The third-order valence-electron chi connectivity index (χ3n) is 4.39. The van der Waals surface area contributed by atoms with Crippen LogP contribution in [0.15, 0.2) is 24.3 Å². The molecule has 0 unspecified atom stereocenters. The largest absolute Gasteiger partial charge is 0.396 e. The van der Waals surface area contributed by atoms with Gasteiger partial charge in [-0.3, -0.25) is 4.79 Å². The van der Waals surface area contributed by atoms with E-state index in [-0.39, 0.29) is 31.7 Å². The van der Waals surface area contributed by atoms with Crippen molar-refractivity contribution < 1.29 is 24.5 Å². The number of ether oxygens (including phenoxy) is 1. The monoisotopic (exact) mass is 365 g/mol. The lowest BCUT2D eigenvalue weighted by molar-refractivity contribution is 0.0303. The van der Waals surface area contributed by atoms with Crippen molar-refractivity contribution in [1.29, 1.82) is 0 Å². The van der Waals surface area contributed by atoms with Gasteiger partial charge in [0.15, 0.2) is 0 Å². The van der Waals surface area contributed by atoms with Crippen LogP contribution >= 0.6 is 0 Å². The van der Waals surface area contributed by atoms with Gasteiger partial charge in [-0.25, -0.2) is 4.79 Å². The van der Waals surface area contributed by atoms with E-state index in [0.717, 1.165) is 0 Å². The Morgan fingerprint density at radius 2 is 1.92 bits per heavy atom. The van der Waals surface area contributed by atoms with Crippen LogP contribution in [0.2, 0.25) is 0 Å². The minimum Gasteiger partial charge on any atom is -0.396 e. The van der Waals surface area contributed by atoms with Crippen molar-refractivity contribution >= 4 is 17.6 Å². The van der Waals surface area contributed by atoms with Gasteiger partial charge in [-0.05, 0) is 18.2 Å². The van der Waals surface area contributed by atoms with E-state index in [1.165, 1.54) is 4.90 Å². The van der Waals surface area contributed by atoms with Crippen LogP contribution in [0.25, 0.3) is 0 Å². The Balaban J connectivity index is 2.01. The van der Waals surface area contributed by atoms with Crippen LogP contribution in [0.5, 0.6) is 0 Å². The van der Waals surface area contributed by atoms with Crippen molar-refractivity contribution in [2.45, 2.75) is 6.92 Å². The number of hydrogen-bond acceptors (Lipinski definition) is 5. The molecule has 0 atom stereocenters. The van der Waals surface area contributed by atoms with Crippen LogP contribution in [-0.2, 0) is 4.74 Å². The lowest BCUT2D eigenvalue weighted by Crippen LogP contribution is -2.43. The highest BCUT2D eigenvalue weighted by molar-refractivity contribution is 5.97. The number of anilines is 1. The number of hydrogen-bond donors (Lipinski definition) is 3. The van der Waals surface area contributed by atoms with E-state index >= 15 is 0 Å². The summed E-state index contributed by atoms with van der Waals surface area (Å²) < 4.78 is 5.25. The molecule has 1 aliphatic heterocycles. The number of carbonyl (C=O) groups is 2. The normalized spacial score (nSPS) is 14.8. The standard InChI is InChI=1S/C18H27N3O5/c1-18(12-22,13-23)11-20(2)17(25)19-15-5-3-4-14(10-15)16(24)21-6-8-26-9-7-21/h3-5,10,22-23H,6-9,11-13H2,1-2H3,(H,19,25). The van der Waals surface area contributed by atoms with Gasteiger partial charge in [0.05, 0.1) is 26.4 Å². The minimum absolute atomic E-state index is 0.0918. The highest BCUT2D eigenvalue weighted by atomic mass is 16.5. The Bertz CT molecular complexity index is 627. The lowest BCUT2D eigenvalue weighted by atomic mass is 9.92. The zero-order chi connectivity index (χ0) is 19.2. The molecular weight excluding hydrogens is 338 g/mol. The van der Waals surface area contributed by atoms with Crippen molar-refractivity contribution in [3.8, 4) is 0 Å². The van der Waals surface area contributed by atoms with Crippen LogP contribution in [0.3, 0.4) is 0 Å². The summed E-state index contributed by atoms with van der Waals surface area (Å²) in [6, 6.07) is 6.40. The molecule has 8 nitrogen and oxygen atoms in total.